The van der Waals surface area contributed by atoms with E-state index in [1.807, 2.05) is 6.08 Å². The van der Waals surface area contributed by atoms with E-state index < -0.39 is 5.79 Å². The van der Waals surface area contributed by atoms with Gasteiger partial charge in [0.25, 0.3) is 0 Å². The largest absolute Gasteiger partial charge is 0.347 e. The van der Waals surface area contributed by atoms with Crippen molar-refractivity contribution >= 4 is 5.78 Å². The van der Waals surface area contributed by atoms with Crippen molar-refractivity contribution in [2.75, 3.05) is 13.2 Å². The van der Waals surface area contributed by atoms with E-state index in [4.69, 9.17) is 9.47 Å². The Labute approximate surface area is 95.8 Å². The molecule has 0 amide bonds. The maximum absolute atomic E-state index is 11.5. The first-order valence-corrected chi connectivity index (χ1v) is 6.18. The van der Waals surface area contributed by atoms with Gasteiger partial charge in [0.2, 0.25) is 0 Å². The first-order valence-electron chi connectivity index (χ1n) is 6.18. The summed E-state index contributed by atoms with van der Waals surface area (Å²) in [7, 11) is 0. The lowest BCUT2D eigenvalue weighted by molar-refractivity contribution is -0.237. The van der Waals surface area contributed by atoms with Crippen LogP contribution in [0.5, 0.6) is 0 Å². The number of ketones is 1. The minimum atomic E-state index is -0.433. The monoisotopic (exact) mass is 222 g/mol. The first kappa shape index (κ1) is 10.5. The molecular weight excluding hydrogens is 204 g/mol. The molecule has 0 unspecified atom stereocenters. The van der Waals surface area contributed by atoms with Gasteiger partial charge < -0.3 is 9.47 Å². The molecule has 0 aromatic carbocycles. The lowest BCUT2D eigenvalue weighted by Gasteiger charge is -2.50. The Morgan fingerprint density at radius 3 is 2.69 bits per heavy atom. The van der Waals surface area contributed by atoms with E-state index >= 15 is 0 Å². The van der Waals surface area contributed by atoms with Gasteiger partial charge in [-0.3, -0.25) is 4.79 Å². The molecule has 1 saturated heterocycles. The molecule has 16 heavy (non-hydrogen) atoms. The van der Waals surface area contributed by atoms with Gasteiger partial charge in [-0.05, 0) is 25.3 Å². The minimum absolute atomic E-state index is 0.0738. The van der Waals surface area contributed by atoms with Gasteiger partial charge in [0.15, 0.2) is 11.6 Å². The molecule has 0 radical (unpaired) electrons. The summed E-state index contributed by atoms with van der Waals surface area (Å²) in [5, 5.41) is 0. The minimum Gasteiger partial charge on any atom is -0.347 e. The molecule has 2 aliphatic carbocycles. The summed E-state index contributed by atoms with van der Waals surface area (Å²) in [4.78, 5) is 11.5. The lowest BCUT2D eigenvalue weighted by atomic mass is 9.62. The molecule has 2 fully saturated rings. The van der Waals surface area contributed by atoms with E-state index in [0.29, 0.717) is 19.6 Å². The van der Waals surface area contributed by atoms with Crippen LogP contribution in [0.3, 0.4) is 0 Å². The van der Waals surface area contributed by atoms with Crippen LogP contribution >= 0.6 is 0 Å². The molecule has 1 spiro atoms. The molecule has 1 atom stereocenters. The van der Waals surface area contributed by atoms with Gasteiger partial charge in [-0.1, -0.05) is 12.5 Å². The van der Waals surface area contributed by atoms with Crippen LogP contribution in [0.15, 0.2) is 11.6 Å². The molecule has 3 rings (SSSR count). The molecular formula is C13H18O3. The van der Waals surface area contributed by atoms with E-state index in [0.717, 1.165) is 25.7 Å². The predicted molar refractivity (Wildman–Crippen MR) is 58.9 cm³/mol. The average Bonchev–Trinajstić information content (AvgIpc) is 2.72. The van der Waals surface area contributed by atoms with Crippen molar-refractivity contribution in [3.05, 3.63) is 11.6 Å². The van der Waals surface area contributed by atoms with Crippen LogP contribution < -0.4 is 0 Å². The van der Waals surface area contributed by atoms with E-state index in [1.165, 1.54) is 5.57 Å². The maximum atomic E-state index is 11.5. The van der Waals surface area contributed by atoms with E-state index in [2.05, 4.69) is 6.92 Å². The van der Waals surface area contributed by atoms with Gasteiger partial charge in [-0.25, -0.2) is 0 Å². The molecule has 3 aliphatic rings. The zero-order chi connectivity index (χ0) is 11.2. The second-order valence-electron chi connectivity index (χ2n) is 5.27. The summed E-state index contributed by atoms with van der Waals surface area (Å²) < 4.78 is 11.8. The summed E-state index contributed by atoms with van der Waals surface area (Å²) >= 11 is 0. The van der Waals surface area contributed by atoms with Crippen LogP contribution in [-0.4, -0.2) is 24.8 Å². The summed E-state index contributed by atoms with van der Waals surface area (Å²) in [5.41, 5.74) is 1.17. The fraction of sp³-hybridized carbons (Fsp3) is 0.769. The molecule has 3 heteroatoms. The number of carbonyl (C=O) groups excluding carboxylic acids is 1. The SMILES string of the molecule is C[C@]12CCC(=O)C=C1CCCC21OCCO1. The molecule has 1 aliphatic heterocycles. The van der Waals surface area contributed by atoms with Crippen molar-refractivity contribution in [3.8, 4) is 0 Å². The number of allylic oxidation sites excluding steroid dienone is 1. The lowest BCUT2D eigenvalue weighted by Crippen LogP contribution is -2.52. The van der Waals surface area contributed by atoms with Gasteiger partial charge >= 0.3 is 0 Å². The molecule has 1 saturated carbocycles. The average molecular weight is 222 g/mol. The number of fused-ring (bicyclic) bond motifs is 2. The quantitative estimate of drug-likeness (QED) is 0.630. The van der Waals surface area contributed by atoms with Crippen LogP contribution in [-0.2, 0) is 14.3 Å². The third-order valence-corrected chi connectivity index (χ3v) is 4.46. The van der Waals surface area contributed by atoms with Gasteiger partial charge in [0, 0.05) is 18.3 Å². The molecule has 0 bridgehead atoms. The van der Waals surface area contributed by atoms with Gasteiger partial charge in [0.1, 0.15) is 0 Å². The standard InChI is InChI=1S/C13H18O3/c1-12-6-4-11(14)9-10(12)3-2-5-13(12)15-7-8-16-13/h9H,2-8H2,1H3/t12-/m0/s1. The van der Waals surface area contributed by atoms with Crippen LogP contribution in [0.2, 0.25) is 0 Å². The predicted octanol–water partition coefficient (Wildman–Crippen LogP) is 2.21. The summed E-state index contributed by atoms with van der Waals surface area (Å²) in [6.45, 7) is 3.59. The highest BCUT2D eigenvalue weighted by molar-refractivity contribution is 5.91. The Morgan fingerprint density at radius 1 is 1.19 bits per heavy atom. The van der Waals surface area contributed by atoms with Crippen LogP contribution in [0.1, 0.15) is 39.0 Å². The Hall–Kier alpha value is -0.670. The highest BCUT2D eigenvalue weighted by Gasteiger charge is 2.57. The number of hydrogen-bond donors (Lipinski definition) is 0. The van der Waals surface area contributed by atoms with Gasteiger partial charge in [-0.15, -0.1) is 0 Å². The number of carbonyl (C=O) groups is 1. The van der Waals surface area contributed by atoms with E-state index in [9.17, 15) is 4.79 Å². The molecule has 88 valence electrons. The second kappa shape index (κ2) is 3.41. The third-order valence-electron chi connectivity index (χ3n) is 4.46. The fourth-order valence-electron chi connectivity index (χ4n) is 3.45. The Bertz CT molecular complexity index is 352. The fourth-order valence-corrected chi connectivity index (χ4v) is 3.45. The zero-order valence-corrected chi connectivity index (χ0v) is 9.75. The zero-order valence-electron chi connectivity index (χ0n) is 9.75. The smallest absolute Gasteiger partial charge is 0.177 e. The topological polar surface area (TPSA) is 35.5 Å². The summed E-state index contributed by atoms with van der Waals surface area (Å²) in [6, 6.07) is 0. The third kappa shape index (κ3) is 1.25. The summed E-state index contributed by atoms with van der Waals surface area (Å²) in [5.74, 6) is -0.167. The molecule has 1 heterocycles. The molecule has 0 aromatic heterocycles. The number of hydrogen-bond acceptors (Lipinski definition) is 3. The molecule has 0 N–H and O–H groups in total. The second-order valence-corrected chi connectivity index (χ2v) is 5.27. The Kier molecular flexibility index (Phi) is 2.23. The van der Waals surface area contributed by atoms with Gasteiger partial charge in [-0.2, -0.15) is 0 Å². The van der Waals surface area contributed by atoms with Crippen LogP contribution in [0.4, 0.5) is 0 Å². The Balaban J connectivity index is 2.03. The van der Waals surface area contributed by atoms with E-state index in [1.54, 1.807) is 0 Å². The Morgan fingerprint density at radius 2 is 1.94 bits per heavy atom. The van der Waals surface area contributed by atoms with Crippen molar-refractivity contribution in [1.82, 2.24) is 0 Å². The van der Waals surface area contributed by atoms with Crippen molar-refractivity contribution < 1.29 is 14.3 Å². The van der Waals surface area contributed by atoms with Crippen LogP contribution in [0, 0.1) is 5.41 Å². The molecule has 3 nitrogen and oxygen atoms in total. The van der Waals surface area contributed by atoms with Gasteiger partial charge in [0.05, 0.1) is 13.2 Å². The van der Waals surface area contributed by atoms with Crippen molar-refractivity contribution in [3.63, 3.8) is 0 Å². The van der Waals surface area contributed by atoms with E-state index in [-0.39, 0.29) is 11.2 Å². The normalized spacial score (nSPS) is 37.3. The van der Waals surface area contributed by atoms with Crippen LogP contribution in [0.25, 0.3) is 0 Å². The summed E-state index contributed by atoms with van der Waals surface area (Å²) in [6.07, 6.45) is 6.40. The number of rotatable bonds is 0. The van der Waals surface area contributed by atoms with Crippen molar-refractivity contribution in [2.45, 2.75) is 44.8 Å². The van der Waals surface area contributed by atoms with Crippen molar-refractivity contribution in [2.24, 2.45) is 5.41 Å². The molecule has 0 aromatic rings. The first-order chi connectivity index (χ1) is 7.66. The highest BCUT2D eigenvalue weighted by Crippen LogP contribution is 2.55. The number of ether oxygens (including phenoxy) is 2. The van der Waals surface area contributed by atoms with Crippen molar-refractivity contribution in [1.29, 1.82) is 0 Å². The highest BCUT2D eigenvalue weighted by atomic mass is 16.7. The maximum Gasteiger partial charge on any atom is 0.177 e.